The number of nitrogens with zero attached hydrogens (tertiary/aromatic N) is 2. The zero-order valence-electron chi connectivity index (χ0n) is 14.0. The van der Waals surface area contributed by atoms with Crippen LogP contribution in [0.5, 0.6) is 0 Å². The van der Waals surface area contributed by atoms with Gasteiger partial charge in [-0.3, -0.25) is 9.36 Å². The van der Waals surface area contributed by atoms with E-state index >= 15 is 0 Å². The van der Waals surface area contributed by atoms with Gasteiger partial charge >= 0.3 is 12.7 Å². The van der Waals surface area contributed by atoms with Gasteiger partial charge in [0.15, 0.2) is 9.84 Å². The monoisotopic (exact) mass is 445 g/mol. The summed E-state index contributed by atoms with van der Waals surface area (Å²) in [7, 11) is -4.35. The summed E-state index contributed by atoms with van der Waals surface area (Å²) >= 11 is 5.54. The number of halogens is 6. The molecule has 6 nitrogen and oxygen atoms in total. The van der Waals surface area contributed by atoms with Crippen molar-refractivity contribution in [3.8, 4) is 0 Å². The molecular weight excluding hydrogens is 433 g/mol. The van der Waals surface area contributed by atoms with Gasteiger partial charge in [-0.1, -0.05) is 11.6 Å². The number of hydrogen-bond donors (Lipinski definition) is 1. The number of anilines is 1. The quantitative estimate of drug-likeness (QED) is 0.684. The highest BCUT2D eigenvalue weighted by atomic mass is 35.5. The van der Waals surface area contributed by atoms with Gasteiger partial charge in [0.2, 0.25) is 5.91 Å². The van der Waals surface area contributed by atoms with Crippen molar-refractivity contribution in [2.45, 2.75) is 30.7 Å². The van der Waals surface area contributed by atoms with Gasteiger partial charge in [-0.25, -0.2) is 13.4 Å². The molecule has 1 aromatic carbocycles. The molecule has 1 aromatic heterocycles. The maximum atomic E-state index is 13.1. The Morgan fingerprint density at radius 1 is 1.32 bits per heavy atom. The van der Waals surface area contributed by atoms with Gasteiger partial charge in [0.1, 0.15) is 16.8 Å². The predicted molar refractivity (Wildman–Crippen MR) is 90.6 cm³/mol. The molecule has 0 saturated carbocycles. The lowest BCUT2D eigenvalue weighted by atomic mass is 10.1. The van der Waals surface area contributed by atoms with E-state index in [1.165, 1.54) is 0 Å². The molecule has 0 aliphatic heterocycles. The van der Waals surface area contributed by atoms with Gasteiger partial charge in [0.05, 0.1) is 11.3 Å². The smallest absolute Gasteiger partial charge is 0.324 e. The van der Waals surface area contributed by atoms with Crippen LogP contribution < -0.4 is 5.32 Å². The van der Waals surface area contributed by atoms with E-state index in [2.05, 4.69) is 4.98 Å². The van der Waals surface area contributed by atoms with E-state index in [0.717, 1.165) is 31.5 Å². The number of hydrogen-bond acceptors (Lipinski definition) is 4. The van der Waals surface area contributed by atoms with Gasteiger partial charge in [0, 0.05) is 17.4 Å². The van der Waals surface area contributed by atoms with Crippen molar-refractivity contribution < 1.29 is 35.2 Å². The second-order valence-electron chi connectivity index (χ2n) is 5.65. The maximum Gasteiger partial charge on any atom is 0.418 e. The average molecular weight is 446 g/mol. The van der Waals surface area contributed by atoms with Gasteiger partial charge in [-0.2, -0.15) is 22.0 Å². The topological polar surface area (TPSA) is 81.1 Å². The van der Waals surface area contributed by atoms with Crippen molar-refractivity contribution in [2.75, 3.05) is 5.32 Å². The first-order chi connectivity index (χ1) is 12.8. The third kappa shape index (κ3) is 4.98. The summed E-state index contributed by atoms with van der Waals surface area (Å²) in [5.41, 5.74) is -1.94. The van der Waals surface area contributed by atoms with Crippen LogP contribution in [-0.2, 0) is 26.6 Å². The molecule has 0 aliphatic carbocycles. The SMILES string of the molecule is CC(C(=O)Nc1ccc(Cl)cc1C(F)(F)F)S(=O)(=O)Cc1nccn1C(F)F. The predicted octanol–water partition coefficient (Wildman–Crippen LogP) is 3.89. The first-order valence-corrected chi connectivity index (χ1v) is 9.61. The third-order valence-electron chi connectivity index (χ3n) is 3.74. The summed E-state index contributed by atoms with van der Waals surface area (Å²) in [6.45, 7) is -2.11. The fourth-order valence-electron chi connectivity index (χ4n) is 2.20. The van der Waals surface area contributed by atoms with E-state index in [1.807, 2.05) is 5.32 Å². The Bertz CT molecular complexity index is 976. The summed E-state index contributed by atoms with van der Waals surface area (Å²) in [6.07, 6.45) is -3.02. The van der Waals surface area contributed by atoms with Gasteiger partial charge in [0.25, 0.3) is 0 Å². The molecule has 0 aliphatic rings. The molecular formula is C15H13ClF5N3O3S. The number of carbonyl (C=O) groups is 1. The average Bonchev–Trinajstić information content (AvgIpc) is 3.02. The number of nitrogens with one attached hydrogen (secondary N) is 1. The summed E-state index contributed by atoms with van der Waals surface area (Å²) < 4.78 is 89.8. The van der Waals surface area contributed by atoms with Crippen LogP contribution in [0.3, 0.4) is 0 Å². The first-order valence-electron chi connectivity index (χ1n) is 7.52. The van der Waals surface area contributed by atoms with Crippen molar-refractivity contribution in [1.29, 1.82) is 0 Å². The van der Waals surface area contributed by atoms with E-state index in [-0.39, 0.29) is 5.02 Å². The molecule has 1 atom stereocenters. The molecule has 1 N–H and O–H groups in total. The van der Waals surface area contributed by atoms with Crippen LogP contribution in [0.15, 0.2) is 30.6 Å². The lowest BCUT2D eigenvalue weighted by molar-refractivity contribution is -0.137. The maximum absolute atomic E-state index is 13.1. The number of rotatable bonds is 6. The summed E-state index contributed by atoms with van der Waals surface area (Å²) in [5, 5.41) is -0.163. The van der Waals surface area contributed by atoms with Crippen molar-refractivity contribution in [3.63, 3.8) is 0 Å². The minimum atomic E-state index is -4.85. The fraction of sp³-hybridized carbons (Fsp3) is 0.333. The van der Waals surface area contributed by atoms with Crippen LogP contribution in [0, 0.1) is 0 Å². The van der Waals surface area contributed by atoms with Crippen LogP contribution in [0.25, 0.3) is 0 Å². The number of benzene rings is 1. The Kier molecular flexibility index (Phi) is 6.34. The Labute approximate surface area is 161 Å². The number of aromatic nitrogens is 2. The van der Waals surface area contributed by atoms with Gasteiger partial charge in [-0.15, -0.1) is 0 Å². The highest BCUT2D eigenvalue weighted by Gasteiger charge is 2.36. The van der Waals surface area contributed by atoms with Crippen LogP contribution in [0.2, 0.25) is 5.02 Å². The molecule has 1 heterocycles. The largest absolute Gasteiger partial charge is 0.418 e. The second-order valence-corrected chi connectivity index (χ2v) is 8.41. The molecule has 1 unspecified atom stereocenters. The Morgan fingerprint density at radius 2 is 1.96 bits per heavy atom. The molecule has 0 radical (unpaired) electrons. The van der Waals surface area contributed by atoms with E-state index in [4.69, 9.17) is 11.6 Å². The zero-order valence-corrected chi connectivity index (χ0v) is 15.6. The van der Waals surface area contributed by atoms with Crippen LogP contribution >= 0.6 is 11.6 Å². The molecule has 1 amide bonds. The second kappa shape index (κ2) is 8.03. The van der Waals surface area contributed by atoms with E-state index < -0.39 is 56.5 Å². The lowest BCUT2D eigenvalue weighted by Gasteiger charge is -2.17. The molecule has 154 valence electrons. The first kappa shape index (κ1) is 22.1. The molecule has 0 fully saturated rings. The highest BCUT2D eigenvalue weighted by Crippen LogP contribution is 2.36. The van der Waals surface area contributed by atoms with Gasteiger partial charge < -0.3 is 5.32 Å². The fourth-order valence-corrected chi connectivity index (χ4v) is 3.59. The van der Waals surface area contributed by atoms with E-state index in [1.54, 1.807) is 0 Å². The number of carbonyl (C=O) groups excluding carboxylic acids is 1. The summed E-state index contributed by atoms with van der Waals surface area (Å²) in [5.74, 6) is -2.76. The van der Waals surface area contributed by atoms with E-state index in [9.17, 15) is 35.2 Å². The molecule has 2 aromatic rings. The number of sulfone groups is 1. The molecule has 0 spiro atoms. The van der Waals surface area contributed by atoms with Crippen molar-refractivity contribution >= 4 is 33.0 Å². The summed E-state index contributed by atoms with van der Waals surface area (Å²) in [6, 6.07) is 2.55. The molecule has 0 bridgehead atoms. The van der Waals surface area contributed by atoms with Crippen molar-refractivity contribution in [3.05, 3.63) is 47.0 Å². The molecule has 28 heavy (non-hydrogen) atoms. The normalized spacial score (nSPS) is 13.6. The van der Waals surface area contributed by atoms with Crippen LogP contribution in [0.4, 0.5) is 27.6 Å². The van der Waals surface area contributed by atoms with Gasteiger partial charge in [-0.05, 0) is 25.1 Å². The Morgan fingerprint density at radius 3 is 2.54 bits per heavy atom. The minimum Gasteiger partial charge on any atom is -0.324 e. The van der Waals surface area contributed by atoms with Crippen LogP contribution in [0.1, 0.15) is 24.9 Å². The van der Waals surface area contributed by atoms with E-state index in [0.29, 0.717) is 10.6 Å². The van der Waals surface area contributed by atoms with Crippen LogP contribution in [-0.4, -0.2) is 29.1 Å². The minimum absolute atomic E-state index is 0.232. The number of imidazole rings is 1. The Balaban J connectivity index is 2.24. The molecule has 2 rings (SSSR count). The highest BCUT2D eigenvalue weighted by molar-refractivity contribution is 7.92. The third-order valence-corrected chi connectivity index (χ3v) is 5.93. The standard InChI is InChI=1S/C15H13ClF5N3O3S/c1-8(28(26,27)7-12-22-4-5-24(12)14(17)18)13(25)23-11-3-2-9(16)6-10(11)15(19,20)21/h2-6,8,14H,7H2,1H3,(H,23,25). The molecule has 13 heteroatoms. The van der Waals surface area contributed by atoms with Crippen molar-refractivity contribution in [2.24, 2.45) is 0 Å². The molecule has 0 saturated heterocycles. The summed E-state index contributed by atoms with van der Waals surface area (Å²) in [4.78, 5) is 15.7. The number of alkyl halides is 5. The van der Waals surface area contributed by atoms with Crippen molar-refractivity contribution in [1.82, 2.24) is 9.55 Å². The lowest BCUT2D eigenvalue weighted by Crippen LogP contribution is -2.34. The Hall–Kier alpha value is -2.21. The zero-order chi connectivity index (χ0) is 21.3. The number of amides is 1.